The Morgan fingerprint density at radius 3 is 2.57 bits per heavy atom. The zero-order chi connectivity index (χ0) is 19.2. The number of rotatable bonds is 6. The molecule has 1 aromatic rings. The molecule has 2 atom stereocenters. The molecule has 0 aliphatic carbocycles. The van der Waals surface area contributed by atoms with E-state index in [2.05, 4.69) is 5.32 Å². The molecule has 6 nitrogen and oxygen atoms in total. The molecule has 1 N–H and O–H groups in total. The van der Waals surface area contributed by atoms with Gasteiger partial charge in [-0.25, -0.2) is 0 Å². The second-order valence-electron chi connectivity index (χ2n) is 7.68. The third kappa shape index (κ3) is 6.11. The summed E-state index contributed by atoms with van der Waals surface area (Å²) in [6, 6.07) is 7.72. The minimum Gasteiger partial charge on any atom is -0.481 e. The van der Waals surface area contributed by atoms with Gasteiger partial charge in [0.1, 0.15) is 5.75 Å². The molecule has 0 aromatic heterocycles. The van der Waals surface area contributed by atoms with Gasteiger partial charge in [0, 0.05) is 32.6 Å². The molecule has 2 amide bonds. The van der Waals surface area contributed by atoms with Crippen LogP contribution in [0.3, 0.4) is 0 Å². The number of ether oxygens (including phenoxy) is 1. The highest BCUT2D eigenvalue weighted by Gasteiger charge is 2.28. The van der Waals surface area contributed by atoms with Crippen molar-refractivity contribution in [1.82, 2.24) is 15.1 Å². The van der Waals surface area contributed by atoms with Crippen LogP contribution >= 0.6 is 12.4 Å². The Morgan fingerprint density at radius 2 is 1.93 bits per heavy atom. The van der Waals surface area contributed by atoms with E-state index in [4.69, 9.17) is 4.74 Å². The summed E-state index contributed by atoms with van der Waals surface area (Å²) in [5, 5.41) is 3.34. The molecule has 2 aliphatic rings. The second-order valence-corrected chi connectivity index (χ2v) is 7.68. The molecular formula is C21H32ClN3O3. The highest BCUT2D eigenvalue weighted by Crippen LogP contribution is 2.17. The largest absolute Gasteiger partial charge is 0.481 e. The maximum Gasteiger partial charge on any atom is 0.263 e. The number of aryl methyl sites for hydroxylation is 1. The van der Waals surface area contributed by atoms with E-state index in [0.29, 0.717) is 44.3 Å². The molecule has 0 radical (unpaired) electrons. The van der Waals surface area contributed by atoms with E-state index in [9.17, 15) is 9.59 Å². The first kappa shape index (κ1) is 22.5. The predicted molar refractivity (Wildman–Crippen MR) is 112 cm³/mol. The van der Waals surface area contributed by atoms with E-state index in [1.54, 1.807) is 6.92 Å². The van der Waals surface area contributed by atoms with Crippen molar-refractivity contribution in [3.05, 3.63) is 29.8 Å². The first-order valence-corrected chi connectivity index (χ1v) is 10.0. The molecule has 0 saturated carbocycles. The first-order chi connectivity index (χ1) is 13.0. The Kier molecular flexibility index (Phi) is 8.58. The average molecular weight is 410 g/mol. The summed E-state index contributed by atoms with van der Waals surface area (Å²) in [7, 11) is 0. The van der Waals surface area contributed by atoms with Crippen molar-refractivity contribution in [3.63, 3.8) is 0 Å². The van der Waals surface area contributed by atoms with Crippen molar-refractivity contribution >= 4 is 24.2 Å². The lowest BCUT2D eigenvalue weighted by molar-refractivity contribution is -0.143. The number of carbonyl (C=O) groups is 2. The summed E-state index contributed by atoms with van der Waals surface area (Å²) >= 11 is 0. The van der Waals surface area contributed by atoms with Gasteiger partial charge in [-0.15, -0.1) is 12.4 Å². The zero-order valence-electron chi connectivity index (χ0n) is 16.9. The van der Waals surface area contributed by atoms with Crippen molar-refractivity contribution in [1.29, 1.82) is 0 Å². The summed E-state index contributed by atoms with van der Waals surface area (Å²) in [5.41, 5.74) is 1.10. The number of carbonyl (C=O) groups excluding carboxylic acids is 2. The van der Waals surface area contributed by atoms with Gasteiger partial charge in [-0.2, -0.15) is 0 Å². The van der Waals surface area contributed by atoms with Crippen LogP contribution < -0.4 is 10.1 Å². The van der Waals surface area contributed by atoms with E-state index in [-0.39, 0.29) is 24.2 Å². The quantitative estimate of drug-likeness (QED) is 0.782. The molecule has 1 aromatic carbocycles. The van der Waals surface area contributed by atoms with E-state index < -0.39 is 6.10 Å². The number of hydrogen-bond acceptors (Lipinski definition) is 4. The lowest BCUT2D eigenvalue weighted by Gasteiger charge is -2.36. The van der Waals surface area contributed by atoms with Crippen LogP contribution in [0, 0.1) is 12.8 Å². The van der Waals surface area contributed by atoms with Gasteiger partial charge < -0.3 is 19.9 Å². The SMILES string of the molecule is Cc1cccc(OC(C)C(=O)N2CCN(C(=O)CCC3CCNC3)CC2)c1.Cl. The molecule has 28 heavy (non-hydrogen) atoms. The van der Waals surface area contributed by atoms with Gasteiger partial charge in [-0.3, -0.25) is 9.59 Å². The van der Waals surface area contributed by atoms with Crippen LogP contribution in [0.1, 0.15) is 31.7 Å². The zero-order valence-corrected chi connectivity index (χ0v) is 17.7. The number of nitrogens with zero attached hydrogens (tertiary/aromatic N) is 2. The van der Waals surface area contributed by atoms with Gasteiger partial charge >= 0.3 is 0 Å². The van der Waals surface area contributed by atoms with E-state index in [0.717, 1.165) is 25.1 Å². The van der Waals surface area contributed by atoms with Crippen LogP contribution in [0.15, 0.2) is 24.3 Å². The molecule has 156 valence electrons. The molecule has 2 heterocycles. The molecular weight excluding hydrogens is 378 g/mol. The van der Waals surface area contributed by atoms with Gasteiger partial charge in [0.2, 0.25) is 5.91 Å². The van der Waals surface area contributed by atoms with Crippen LogP contribution in [0.5, 0.6) is 5.75 Å². The van der Waals surface area contributed by atoms with Gasteiger partial charge in [0.15, 0.2) is 6.10 Å². The Balaban J connectivity index is 0.00000280. The molecule has 0 bridgehead atoms. The van der Waals surface area contributed by atoms with E-state index >= 15 is 0 Å². The summed E-state index contributed by atoms with van der Waals surface area (Å²) in [6.07, 6.45) is 2.23. The lowest BCUT2D eigenvalue weighted by atomic mass is 10.0. The first-order valence-electron chi connectivity index (χ1n) is 10.0. The third-order valence-corrected chi connectivity index (χ3v) is 5.52. The second kappa shape index (κ2) is 10.7. The van der Waals surface area contributed by atoms with Crippen LogP contribution in [0.2, 0.25) is 0 Å². The lowest BCUT2D eigenvalue weighted by Crippen LogP contribution is -2.53. The fourth-order valence-electron chi connectivity index (χ4n) is 3.82. The molecule has 2 fully saturated rings. The summed E-state index contributed by atoms with van der Waals surface area (Å²) in [4.78, 5) is 28.8. The minimum absolute atomic E-state index is 0. The third-order valence-electron chi connectivity index (χ3n) is 5.52. The number of hydrogen-bond donors (Lipinski definition) is 1. The summed E-state index contributed by atoms with van der Waals surface area (Å²) < 4.78 is 5.80. The highest BCUT2D eigenvalue weighted by atomic mass is 35.5. The molecule has 2 aliphatic heterocycles. The Hall–Kier alpha value is -1.79. The van der Waals surface area contributed by atoms with Crippen LogP contribution in [0.25, 0.3) is 0 Å². The number of piperazine rings is 1. The van der Waals surface area contributed by atoms with Crippen LogP contribution in [-0.2, 0) is 9.59 Å². The summed E-state index contributed by atoms with van der Waals surface area (Å²) in [6.45, 7) is 8.29. The maximum atomic E-state index is 12.7. The van der Waals surface area contributed by atoms with Crippen molar-refractivity contribution in [2.45, 2.75) is 39.2 Å². The monoisotopic (exact) mass is 409 g/mol. The van der Waals surface area contributed by atoms with Crippen molar-refractivity contribution in [2.24, 2.45) is 5.92 Å². The summed E-state index contributed by atoms with van der Waals surface area (Å²) in [5.74, 6) is 1.56. The molecule has 0 spiro atoms. The fraction of sp³-hybridized carbons (Fsp3) is 0.619. The molecule has 2 saturated heterocycles. The topological polar surface area (TPSA) is 61.9 Å². The van der Waals surface area contributed by atoms with Crippen LogP contribution in [0.4, 0.5) is 0 Å². The average Bonchev–Trinajstić information content (AvgIpc) is 3.19. The highest BCUT2D eigenvalue weighted by molar-refractivity contribution is 5.85. The number of halogens is 1. The number of amides is 2. The maximum absolute atomic E-state index is 12.7. The normalized spacial score (nSPS) is 20.4. The Labute approximate surface area is 174 Å². The van der Waals surface area contributed by atoms with E-state index in [1.165, 1.54) is 6.42 Å². The molecule has 2 unspecified atom stereocenters. The van der Waals surface area contributed by atoms with Crippen molar-refractivity contribution in [2.75, 3.05) is 39.3 Å². The number of nitrogens with one attached hydrogen (secondary N) is 1. The standard InChI is InChI=1S/C21H31N3O3.ClH/c1-16-4-3-5-19(14-16)27-17(2)21(26)24-12-10-23(11-13-24)20(25)7-6-18-8-9-22-15-18;/h3-5,14,17-18,22H,6-13,15H2,1-2H3;1H. The number of benzene rings is 1. The van der Waals surface area contributed by atoms with Gasteiger partial charge in [-0.1, -0.05) is 12.1 Å². The van der Waals surface area contributed by atoms with Crippen molar-refractivity contribution in [3.8, 4) is 5.75 Å². The minimum atomic E-state index is -0.524. The van der Waals surface area contributed by atoms with Gasteiger partial charge in [0.25, 0.3) is 5.91 Å². The van der Waals surface area contributed by atoms with Gasteiger partial charge in [-0.05, 0) is 63.4 Å². The molecule has 7 heteroatoms. The van der Waals surface area contributed by atoms with Crippen LogP contribution in [-0.4, -0.2) is 67.0 Å². The van der Waals surface area contributed by atoms with Gasteiger partial charge in [0.05, 0.1) is 0 Å². The van der Waals surface area contributed by atoms with Crippen molar-refractivity contribution < 1.29 is 14.3 Å². The predicted octanol–water partition coefficient (Wildman–Crippen LogP) is 2.24. The Bertz CT molecular complexity index is 656. The van der Waals surface area contributed by atoms with E-state index in [1.807, 2.05) is 41.0 Å². The molecule has 3 rings (SSSR count). The Morgan fingerprint density at radius 1 is 1.21 bits per heavy atom. The fourth-order valence-corrected chi connectivity index (χ4v) is 3.82. The smallest absolute Gasteiger partial charge is 0.263 e.